The molecule has 0 aliphatic carbocycles. The van der Waals surface area contributed by atoms with Crippen LogP contribution < -0.4 is 5.73 Å². The maximum absolute atomic E-state index is 6.45. The van der Waals surface area contributed by atoms with Gasteiger partial charge in [0.05, 0.1) is 0 Å². The Labute approximate surface area is 131 Å². The van der Waals surface area contributed by atoms with E-state index in [1.54, 1.807) is 0 Å². The van der Waals surface area contributed by atoms with E-state index in [1.807, 2.05) is 0 Å². The van der Waals surface area contributed by atoms with Crippen LogP contribution in [-0.4, -0.2) is 24.0 Å². The minimum atomic E-state index is 0.213. The van der Waals surface area contributed by atoms with Crippen molar-refractivity contribution in [3.63, 3.8) is 0 Å². The van der Waals surface area contributed by atoms with Crippen molar-refractivity contribution in [2.24, 2.45) is 11.7 Å². The molecule has 1 aromatic carbocycles. The van der Waals surface area contributed by atoms with Crippen LogP contribution in [0.4, 0.5) is 0 Å². The largest absolute Gasteiger partial charge is 0.326 e. The standard InChI is InChI=1S/C17H27BrN2/c1-3-16(19)17(14-6-8-15(18)9-7-14)20-11-4-5-13(2)10-12-20/h6-9,13,16-17H,3-5,10-12,19H2,1-2H3. The zero-order valence-electron chi connectivity index (χ0n) is 12.7. The number of halogens is 1. The monoisotopic (exact) mass is 338 g/mol. The number of hydrogen-bond donors (Lipinski definition) is 1. The Bertz CT molecular complexity index is 404. The summed E-state index contributed by atoms with van der Waals surface area (Å²) in [6.45, 7) is 6.92. The van der Waals surface area contributed by atoms with Crippen molar-refractivity contribution in [3.05, 3.63) is 34.3 Å². The van der Waals surface area contributed by atoms with Crippen molar-refractivity contribution in [2.75, 3.05) is 13.1 Å². The highest BCUT2D eigenvalue weighted by Crippen LogP contribution is 2.29. The zero-order valence-corrected chi connectivity index (χ0v) is 14.3. The molecule has 2 nitrogen and oxygen atoms in total. The highest BCUT2D eigenvalue weighted by Gasteiger charge is 2.27. The van der Waals surface area contributed by atoms with Crippen LogP contribution in [0.2, 0.25) is 0 Å². The summed E-state index contributed by atoms with van der Waals surface area (Å²) in [6.07, 6.45) is 4.96. The van der Waals surface area contributed by atoms with E-state index in [0.29, 0.717) is 6.04 Å². The molecule has 1 aliphatic rings. The Kier molecular flexibility index (Phi) is 6.06. The van der Waals surface area contributed by atoms with Gasteiger partial charge >= 0.3 is 0 Å². The average Bonchev–Trinajstić information content (AvgIpc) is 2.66. The lowest BCUT2D eigenvalue weighted by Crippen LogP contribution is -2.41. The summed E-state index contributed by atoms with van der Waals surface area (Å²) in [7, 11) is 0. The lowest BCUT2D eigenvalue weighted by Gasteiger charge is -2.35. The first-order valence-electron chi connectivity index (χ1n) is 7.87. The fraction of sp³-hybridized carbons (Fsp3) is 0.647. The molecular formula is C17H27BrN2. The summed E-state index contributed by atoms with van der Waals surface area (Å²) in [4.78, 5) is 2.61. The van der Waals surface area contributed by atoms with Gasteiger partial charge in [-0.1, -0.05) is 41.9 Å². The minimum Gasteiger partial charge on any atom is -0.326 e. The molecule has 3 atom stereocenters. The molecule has 3 unspecified atom stereocenters. The van der Waals surface area contributed by atoms with Gasteiger partial charge in [-0.25, -0.2) is 0 Å². The zero-order chi connectivity index (χ0) is 14.5. The second-order valence-electron chi connectivity index (χ2n) is 6.14. The van der Waals surface area contributed by atoms with E-state index in [1.165, 1.54) is 37.9 Å². The van der Waals surface area contributed by atoms with Crippen molar-refractivity contribution in [2.45, 2.75) is 51.6 Å². The third kappa shape index (κ3) is 4.06. The van der Waals surface area contributed by atoms with E-state index >= 15 is 0 Å². The highest BCUT2D eigenvalue weighted by molar-refractivity contribution is 9.10. The summed E-state index contributed by atoms with van der Waals surface area (Å²) in [5.41, 5.74) is 7.81. The first kappa shape index (κ1) is 16.0. The van der Waals surface area contributed by atoms with E-state index in [9.17, 15) is 0 Å². The topological polar surface area (TPSA) is 29.3 Å². The number of nitrogens with two attached hydrogens (primary N) is 1. The van der Waals surface area contributed by atoms with E-state index in [-0.39, 0.29) is 6.04 Å². The molecule has 0 radical (unpaired) electrons. The maximum atomic E-state index is 6.45. The van der Waals surface area contributed by atoms with E-state index < -0.39 is 0 Å². The molecule has 2 N–H and O–H groups in total. The Morgan fingerprint density at radius 2 is 1.95 bits per heavy atom. The summed E-state index contributed by atoms with van der Waals surface area (Å²) in [6, 6.07) is 9.27. The lowest BCUT2D eigenvalue weighted by atomic mass is 9.96. The van der Waals surface area contributed by atoms with E-state index in [2.05, 4.69) is 58.9 Å². The van der Waals surface area contributed by atoms with Crippen LogP contribution in [0, 0.1) is 5.92 Å². The van der Waals surface area contributed by atoms with Gasteiger partial charge < -0.3 is 5.73 Å². The number of benzene rings is 1. The molecule has 0 aromatic heterocycles. The molecule has 2 rings (SSSR count). The molecule has 1 heterocycles. The lowest BCUT2D eigenvalue weighted by molar-refractivity contribution is 0.174. The molecule has 0 bridgehead atoms. The number of rotatable bonds is 4. The maximum Gasteiger partial charge on any atom is 0.0499 e. The Hall–Kier alpha value is -0.380. The van der Waals surface area contributed by atoms with Gasteiger partial charge in [0.2, 0.25) is 0 Å². The van der Waals surface area contributed by atoms with Crippen molar-refractivity contribution >= 4 is 15.9 Å². The number of hydrogen-bond acceptors (Lipinski definition) is 2. The third-order valence-electron chi connectivity index (χ3n) is 4.53. The second kappa shape index (κ2) is 7.58. The number of nitrogens with zero attached hydrogens (tertiary/aromatic N) is 1. The molecule has 1 saturated heterocycles. The van der Waals surface area contributed by atoms with Crippen LogP contribution >= 0.6 is 15.9 Å². The van der Waals surface area contributed by atoms with Crippen molar-refractivity contribution in [1.29, 1.82) is 0 Å². The van der Waals surface area contributed by atoms with Gasteiger partial charge in [0, 0.05) is 16.6 Å². The van der Waals surface area contributed by atoms with Crippen LogP contribution in [0.3, 0.4) is 0 Å². The normalized spacial score (nSPS) is 24.1. The second-order valence-corrected chi connectivity index (χ2v) is 7.06. The first-order chi connectivity index (χ1) is 9.61. The van der Waals surface area contributed by atoms with Crippen molar-refractivity contribution < 1.29 is 0 Å². The smallest absolute Gasteiger partial charge is 0.0499 e. The summed E-state index contributed by atoms with van der Waals surface area (Å²) < 4.78 is 1.13. The molecule has 1 aliphatic heterocycles. The average molecular weight is 339 g/mol. The van der Waals surface area contributed by atoms with Gasteiger partial charge in [-0.2, -0.15) is 0 Å². The van der Waals surface area contributed by atoms with Gasteiger partial charge in [0.25, 0.3) is 0 Å². The molecule has 3 heteroatoms. The number of likely N-dealkylation sites (tertiary alicyclic amines) is 1. The molecule has 1 aromatic rings. The quantitative estimate of drug-likeness (QED) is 0.884. The summed E-state index contributed by atoms with van der Waals surface area (Å²) in [5, 5.41) is 0. The highest BCUT2D eigenvalue weighted by atomic mass is 79.9. The van der Waals surface area contributed by atoms with Crippen LogP contribution in [-0.2, 0) is 0 Å². The van der Waals surface area contributed by atoms with E-state index in [4.69, 9.17) is 5.73 Å². The van der Waals surface area contributed by atoms with Gasteiger partial charge in [0.15, 0.2) is 0 Å². The predicted octanol–water partition coefficient (Wildman–Crippen LogP) is 4.35. The summed E-state index contributed by atoms with van der Waals surface area (Å²) in [5.74, 6) is 0.850. The van der Waals surface area contributed by atoms with Gasteiger partial charge in [0.1, 0.15) is 0 Å². The molecule has 1 fully saturated rings. The minimum absolute atomic E-state index is 0.213. The van der Waals surface area contributed by atoms with Crippen LogP contribution in [0.25, 0.3) is 0 Å². The van der Waals surface area contributed by atoms with Gasteiger partial charge in [-0.05, 0) is 62.4 Å². The third-order valence-corrected chi connectivity index (χ3v) is 5.06. The molecular weight excluding hydrogens is 312 g/mol. The SMILES string of the molecule is CCC(N)C(c1ccc(Br)cc1)N1CCCC(C)CC1. The van der Waals surface area contributed by atoms with Crippen LogP contribution in [0.15, 0.2) is 28.7 Å². The molecule has 20 heavy (non-hydrogen) atoms. The van der Waals surface area contributed by atoms with Crippen molar-refractivity contribution in [1.82, 2.24) is 4.90 Å². The van der Waals surface area contributed by atoms with Gasteiger partial charge in [-0.3, -0.25) is 4.90 Å². The van der Waals surface area contributed by atoms with Crippen LogP contribution in [0.1, 0.15) is 51.1 Å². The fourth-order valence-electron chi connectivity index (χ4n) is 3.18. The Morgan fingerprint density at radius 3 is 2.60 bits per heavy atom. The molecule has 0 spiro atoms. The first-order valence-corrected chi connectivity index (χ1v) is 8.66. The molecule has 0 amide bonds. The van der Waals surface area contributed by atoms with Crippen molar-refractivity contribution in [3.8, 4) is 0 Å². The molecule has 0 saturated carbocycles. The van der Waals surface area contributed by atoms with Gasteiger partial charge in [-0.15, -0.1) is 0 Å². The van der Waals surface area contributed by atoms with Crippen LogP contribution in [0.5, 0.6) is 0 Å². The van der Waals surface area contributed by atoms with E-state index in [0.717, 1.165) is 16.8 Å². The Morgan fingerprint density at radius 1 is 1.25 bits per heavy atom. The Balaban J connectivity index is 2.20. The molecule has 112 valence electrons. The fourth-order valence-corrected chi connectivity index (χ4v) is 3.44. The summed E-state index contributed by atoms with van der Waals surface area (Å²) >= 11 is 3.52. The predicted molar refractivity (Wildman–Crippen MR) is 89.7 cm³/mol.